The highest BCUT2D eigenvalue weighted by Gasteiger charge is 2.21. The lowest BCUT2D eigenvalue weighted by atomic mass is 9.98. The van der Waals surface area contributed by atoms with Crippen LogP contribution in [-0.4, -0.2) is 6.54 Å². The fraction of sp³-hybridized carbons (Fsp3) is 0.200. The summed E-state index contributed by atoms with van der Waals surface area (Å²) in [6.45, 7) is 2.64. The van der Waals surface area contributed by atoms with Crippen LogP contribution in [0.2, 0.25) is 10.0 Å². The Morgan fingerprint density at radius 1 is 1.05 bits per heavy atom. The minimum absolute atomic E-state index is 0.335. The number of nitrogens with one attached hydrogen (secondary N) is 1. The van der Waals surface area contributed by atoms with E-state index in [9.17, 15) is 4.39 Å². The van der Waals surface area contributed by atoms with Gasteiger partial charge in [-0.05, 0) is 30.3 Å². The Bertz CT molecular complexity index is 552. The molecule has 1 nitrogen and oxygen atoms in total. The van der Waals surface area contributed by atoms with Crippen LogP contribution in [0.4, 0.5) is 4.39 Å². The quantitative estimate of drug-likeness (QED) is 0.852. The van der Waals surface area contributed by atoms with Gasteiger partial charge in [0.25, 0.3) is 0 Å². The Morgan fingerprint density at radius 3 is 2.37 bits per heavy atom. The highest BCUT2D eigenvalue weighted by Crippen LogP contribution is 2.33. The first kappa shape index (κ1) is 14.3. The Morgan fingerprint density at radius 2 is 1.74 bits per heavy atom. The Labute approximate surface area is 122 Å². The van der Waals surface area contributed by atoms with Crippen molar-refractivity contribution in [2.75, 3.05) is 6.54 Å². The smallest absolute Gasteiger partial charge is 0.129 e. The minimum atomic E-state index is -0.354. The van der Waals surface area contributed by atoms with Crippen molar-refractivity contribution in [3.8, 4) is 0 Å². The molecule has 100 valence electrons. The van der Waals surface area contributed by atoms with Gasteiger partial charge in [0, 0.05) is 15.6 Å². The monoisotopic (exact) mass is 297 g/mol. The molecular weight excluding hydrogens is 284 g/mol. The van der Waals surface area contributed by atoms with Crippen LogP contribution < -0.4 is 5.32 Å². The molecule has 0 bridgehead atoms. The van der Waals surface area contributed by atoms with Gasteiger partial charge in [-0.25, -0.2) is 4.39 Å². The van der Waals surface area contributed by atoms with E-state index in [4.69, 9.17) is 23.2 Å². The summed E-state index contributed by atoms with van der Waals surface area (Å²) in [7, 11) is 0. The van der Waals surface area contributed by atoms with E-state index in [2.05, 4.69) is 5.32 Å². The molecule has 0 aliphatic heterocycles. The van der Waals surface area contributed by atoms with Gasteiger partial charge in [0.05, 0.1) is 6.04 Å². The number of hydrogen-bond donors (Lipinski definition) is 1. The van der Waals surface area contributed by atoms with Crippen LogP contribution >= 0.6 is 23.2 Å². The van der Waals surface area contributed by atoms with E-state index in [1.165, 1.54) is 6.07 Å². The van der Waals surface area contributed by atoms with Gasteiger partial charge in [0.2, 0.25) is 0 Å². The first-order valence-corrected chi connectivity index (χ1v) is 6.82. The number of benzene rings is 2. The zero-order chi connectivity index (χ0) is 13.8. The van der Waals surface area contributed by atoms with Gasteiger partial charge in [0.1, 0.15) is 5.82 Å². The van der Waals surface area contributed by atoms with E-state index in [-0.39, 0.29) is 11.9 Å². The van der Waals surface area contributed by atoms with E-state index in [1.54, 1.807) is 18.2 Å². The Kier molecular flexibility index (Phi) is 4.81. The van der Waals surface area contributed by atoms with Crippen LogP contribution in [0.5, 0.6) is 0 Å². The van der Waals surface area contributed by atoms with Crippen molar-refractivity contribution in [3.05, 3.63) is 69.5 Å². The Balaban J connectivity index is 2.55. The molecule has 0 aromatic heterocycles. The maximum absolute atomic E-state index is 14.1. The summed E-state index contributed by atoms with van der Waals surface area (Å²) in [6.07, 6.45) is 0. The van der Waals surface area contributed by atoms with E-state index in [0.717, 1.165) is 5.56 Å². The van der Waals surface area contributed by atoms with Gasteiger partial charge in [0.15, 0.2) is 0 Å². The SMILES string of the molecule is CCNC(c1ccccc1Cl)c1c(F)cccc1Cl. The molecule has 1 N–H and O–H groups in total. The third-order valence-electron chi connectivity index (χ3n) is 2.91. The summed E-state index contributed by atoms with van der Waals surface area (Å²) < 4.78 is 14.1. The molecule has 0 saturated heterocycles. The number of rotatable bonds is 4. The van der Waals surface area contributed by atoms with Crippen LogP contribution in [0.1, 0.15) is 24.1 Å². The highest BCUT2D eigenvalue weighted by atomic mass is 35.5. The fourth-order valence-electron chi connectivity index (χ4n) is 2.07. The molecule has 0 amide bonds. The minimum Gasteiger partial charge on any atom is -0.306 e. The van der Waals surface area contributed by atoms with E-state index >= 15 is 0 Å². The lowest BCUT2D eigenvalue weighted by Gasteiger charge is -2.21. The zero-order valence-corrected chi connectivity index (χ0v) is 12.0. The van der Waals surface area contributed by atoms with Crippen LogP contribution in [-0.2, 0) is 0 Å². The summed E-state index contributed by atoms with van der Waals surface area (Å²) in [4.78, 5) is 0. The molecule has 0 radical (unpaired) electrons. The number of hydrogen-bond acceptors (Lipinski definition) is 1. The van der Waals surface area contributed by atoms with Crippen LogP contribution in [0.15, 0.2) is 42.5 Å². The van der Waals surface area contributed by atoms with Crippen molar-refractivity contribution in [1.82, 2.24) is 5.32 Å². The molecular formula is C15H14Cl2FN. The second-order valence-electron chi connectivity index (χ2n) is 4.15. The molecule has 1 atom stereocenters. The third-order valence-corrected chi connectivity index (χ3v) is 3.59. The van der Waals surface area contributed by atoms with Crippen molar-refractivity contribution in [2.45, 2.75) is 13.0 Å². The van der Waals surface area contributed by atoms with Gasteiger partial charge in [-0.1, -0.05) is 54.4 Å². The summed E-state index contributed by atoms with van der Waals surface area (Å²) >= 11 is 12.3. The van der Waals surface area contributed by atoms with Gasteiger partial charge in [-0.15, -0.1) is 0 Å². The molecule has 1 unspecified atom stereocenters. The molecule has 0 saturated carbocycles. The molecule has 0 spiro atoms. The van der Waals surface area contributed by atoms with Crippen LogP contribution in [0.3, 0.4) is 0 Å². The Hall–Kier alpha value is -1.09. The molecule has 0 heterocycles. The van der Waals surface area contributed by atoms with Crippen LogP contribution in [0, 0.1) is 5.82 Å². The predicted octanol–water partition coefficient (Wildman–Crippen LogP) is 4.83. The summed E-state index contributed by atoms with van der Waals surface area (Å²) in [5.74, 6) is -0.335. The predicted molar refractivity (Wildman–Crippen MR) is 78.4 cm³/mol. The van der Waals surface area contributed by atoms with Gasteiger partial charge in [-0.2, -0.15) is 0 Å². The lowest BCUT2D eigenvalue weighted by Crippen LogP contribution is -2.23. The maximum atomic E-state index is 14.1. The second-order valence-corrected chi connectivity index (χ2v) is 4.96. The summed E-state index contributed by atoms with van der Waals surface area (Å²) in [6, 6.07) is 11.7. The molecule has 2 rings (SSSR count). The summed E-state index contributed by atoms with van der Waals surface area (Å²) in [5.41, 5.74) is 1.25. The molecule has 4 heteroatoms. The zero-order valence-electron chi connectivity index (χ0n) is 10.5. The molecule has 2 aromatic carbocycles. The van der Waals surface area contributed by atoms with Gasteiger partial charge in [-0.3, -0.25) is 0 Å². The summed E-state index contributed by atoms with van der Waals surface area (Å²) in [5, 5.41) is 4.21. The highest BCUT2D eigenvalue weighted by molar-refractivity contribution is 6.32. The molecule has 0 fully saturated rings. The average molecular weight is 298 g/mol. The van der Waals surface area contributed by atoms with E-state index in [1.807, 2.05) is 25.1 Å². The standard InChI is InChI=1S/C15H14Cl2FN/c1-2-19-15(10-6-3-4-7-11(10)16)14-12(17)8-5-9-13(14)18/h3-9,15,19H,2H2,1H3. The molecule has 2 aromatic rings. The van der Waals surface area contributed by atoms with Gasteiger partial charge >= 0.3 is 0 Å². The molecule has 0 aliphatic carbocycles. The first-order chi connectivity index (χ1) is 9.15. The lowest BCUT2D eigenvalue weighted by molar-refractivity contribution is 0.559. The van der Waals surface area contributed by atoms with Crippen molar-refractivity contribution in [3.63, 3.8) is 0 Å². The van der Waals surface area contributed by atoms with Crippen molar-refractivity contribution in [2.24, 2.45) is 0 Å². The largest absolute Gasteiger partial charge is 0.306 e. The third kappa shape index (κ3) is 3.08. The topological polar surface area (TPSA) is 12.0 Å². The number of halogens is 3. The van der Waals surface area contributed by atoms with Crippen molar-refractivity contribution < 1.29 is 4.39 Å². The van der Waals surface area contributed by atoms with Crippen molar-refractivity contribution >= 4 is 23.2 Å². The second kappa shape index (κ2) is 6.38. The maximum Gasteiger partial charge on any atom is 0.129 e. The van der Waals surface area contributed by atoms with E-state index in [0.29, 0.717) is 22.2 Å². The molecule has 0 aliphatic rings. The molecule has 19 heavy (non-hydrogen) atoms. The average Bonchev–Trinajstić information content (AvgIpc) is 2.38. The first-order valence-electron chi connectivity index (χ1n) is 6.06. The van der Waals surface area contributed by atoms with E-state index < -0.39 is 0 Å². The fourth-order valence-corrected chi connectivity index (χ4v) is 2.58. The normalized spacial score (nSPS) is 12.4. The van der Waals surface area contributed by atoms with Crippen LogP contribution in [0.25, 0.3) is 0 Å². The van der Waals surface area contributed by atoms with Gasteiger partial charge < -0.3 is 5.32 Å². The van der Waals surface area contributed by atoms with Crippen molar-refractivity contribution in [1.29, 1.82) is 0 Å².